The molecule has 0 aromatic heterocycles. The molecule has 0 saturated heterocycles. The van der Waals surface area contributed by atoms with Crippen LogP contribution < -0.4 is 10.5 Å². The van der Waals surface area contributed by atoms with E-state index in [0.717, 1.165) is 18.4 Å². The summed E-state index contributed by atoms with van der Waals surface area (Å²) in [5.41, 5.74) is 6.60. The summed E-state index contributed by atoms with van der Waals surface area (Å²) in [6.07, 6.45) is 1.54. The molecule has 0 amide bonds. The van der Waals surface area contributed by atoms with Crippen LogP contribution in [0.5, 0.6) is 0 Å². The second-order valence-corrected chi connectivity index (χ2v) is 7.05. The van der Waals surface area contributed by atoms with Gasteiger partial charge < -0.3 is 5.73 Å². The molecule has 1 aliphatic rings. The topological polar surface area (TPSA) is 72.2 Å². The SMILES string of the molecule is CC(C)(NS(=O)(=O)C1CC1)c1ccc(N)cc1. The van der Waals surface area contributed by atoms with Crippen LogP contribution in [0.4, 0.5) is 5.69 Å². The second kappa shape index (κ2) is 3.99. The third-order valence-corrected chi connectivity index (χ3v) is 5.14. The molecule has 0 bridgehead atoms. The van der Waals surface area contributed by atoms with Gasteiger partial charge in [-0.3, -0.25) is 0 Å². The number of nitrogens with two attached hydrogens (primary N) is 1. The van der Waals surface area contributed by atoms with E-state index in [1.807, 2.05) is 26.0 Å². The summed E-state index contributed by atoms with van der Waals surface area (Å²) in [6, 6.07) is 7.26. The molecule has 1 aromatic rings. The molecule has 2 rings (SSSR count). The van der Waals surface area contributed by atoms with Crippen LogP contribution in [-0.4, -0.2) is 13.7 Å². The number of hydrogen-bond acceptors (Lipinski definition) is 3. The molecule has 1 aromatic carbocycles. The highest BCUT2D eigenvalue weighted by Gasteiger charge is 2.39. The highest BCUT2D eigenvalue weighted by molar-refractivity contribution is 7.90. The molecule has 94 valence electrons. The molecule has 0 radical (unpaired) electrons. The monoisotopic (exact) mass is 254 g/mol. The van der Waals surface area contributed by atoms with Gasteiger partial charge in [0.1, 0.15) is 0 Å². The average molecular weight is 254 g/mol. The fraction of sp³-hybridized carbons (Fsp3) is 0.500. The quantitative estimate of drug-likeness (QED) is 0.801. The number of nitrogen functional groups attached to an aromatic ring is 1. The number of hydrogen-bond donors (Lipinski definition) is 2. The first kappa shape index (κ1) is 12.4. The van der Waals surface area contributed by atoms with Crippen molar-refractivity contribution in [2.45, 2.75) is 37.5 Å². The van der Waals surface area contributed by atoms with Gasteiger partial charge in [0.2, 0.25) is 10.0 Å². The van der Waals surface area contributed by atoms with E-state index < -0.39 is 15.6 Å². The summed E-state index contributed by atoms with van der Waals surface area (Å²) >= 11 is 0. The largest absolute Gasteiger partial charge is 0.399 e. The first-order chi connectivity index (χ1) is 7.81. The standard InChI is InChI=1S/C12H18N2O2S/c1-12(2,9-3-5-10(13)6-4-9)14-17(15,16)11-7-8-11/h3-6,11,14H,7-8,13H2,1-2H3. The molecule has 1 aliphatic carbocycles. The van der Waals surface area contributed by atoms with Gasteiger partial charge in [-0.2, -0.15) is 0 Å². The van der Waals surface area contributed by atoms with E-state index in [2.05, 4.69) is 4.72 Å². The lowest BCUT2D eigenvalue weighted by molar-refractivity contribution is 0.471. The minimum Gasteiger partial charge on any atom is -0.399 e. The third-order valence-electron chi connectivity index (χ3n) is 2.99. The Morgan fingerprint density at radius 2 is 1.76 bits per heavy atom. The molecule has 4 nitrogen and oxygen atoms in total. The van der Waals surface area contributed by atoms with Gasteiger partial charge in [0.15, 0.2) is 0 Å². The van der Waals surface area contributed by atoms with Crippen molar-refractivity contribution in [2.24, 2.45) is 0 Å². The fourth-order valence-corrected chi connectivity index (χ4v) is 3.53. The summed E-state index contributed by atoms with van der Waals surface area (Å²) in [6.45, 7) is 3.72. The van der Waals surface area contributed by atoms with Crippen LogP contribution in [0.2, 0.25) is 0 Å². The van der Waals surface area contributed by atoms with Crippen molar-refractivity contribution < 1.29 is 8.42 Å². The Bertz CT molecular complexity index is 502. The molecule has 1 saturated carbocycles. The van der Waals surface area contributed by atoms with Crippen molar-refractivity contribution in [1.29, 1.82) is 0 Å². The number of nitrogens with one attached hydrogen (secondary N) is 1. The maximum absolute atomic E-state index is 11.9. The first-order valence-electron chi connectivity index (χ1n) is 5.70. The number of anilines is 1. The van der Waals surface area contributed by atoms with Gasteiger partial charge >= 0.3 is 0 Å². The highest BCUT2D eigenvalue weighted by Crippen LogP contribution is 2.31. The predicted octanol–water partition coefficient (Wildman–Crippen LogP) is 1.59. The maximum Gasteiger partial charge on any atom is 0.215 e. The average Bonchev–Trinajstić information content (AvgIpc) is 2.99. The number of benzene rings is 1. The lowest BCUT2D eigenvalue weighted by atomic mass is 9.96. The molecule has 17 heavy (non-hydrogen) atoms. The number of sulfonamides is 1. The molecule has 1 fully saturated rings. The Balaban J connectivity index is 2.21. The summed E-state index contributed by atoms with van der Waals surface area (Å²) in [5, 5.41) is -0.199. The first-order valence-corrected chi connectivity index (χ1v) is 7.25. The maximum atomic E-state index is 11.9. The Morgan fingerprint density at radius 3 is 2.24 bits per heavy atom. The van der Waals surface area contributed by atoms with Crippen LogP contribution in [0.25, 0.3) is 0 Å². The normalized spacial score (nSPS) is 17.1. The van der Waals surface area contributed by atoms with Crippen LogP contribution in [-0.2, 0) is 15.6 Å². The van der Waals surface area contributed by atoms with Crippen LogP contribution in [0.1, 0.15) is 32.3 Å². The van der Waals surface area contributed by atoms with E-state index in [4.69, 9.17) is 5.73 Å². The molecule has 0 heterocycles. The molecule has 0 spiro atoms. The van der Waals surface area contributed by atoms with Crippen LogP contribution in [0.15, 0.2) is 24.3 Å². The van der Waals surface area contributed by atoms with E-state index in [1.54, 1.807) is 12.1 Å². The molecule has 0 atom stereocenters. The van der Waals surface area contributed by atoms with Crippen molar-refractivity contribution in [2.75, 3.05) is 5.73 Å². The van der Waals surface area contributed by atoms with Crippen molar-refractivity contribution in [1.82, 2.24) is 4.72 Å². The van der Waals surface area contributed by atoms with Crippen LogP contribution >= 0.6 is 0 Å². The van der Waals surface area contributed by atoms with E-state index >= 15 is 0 Å². The highest BCUT2D eigenvalue weighted by atomic mass is 32.2. The van der Waals surface area contributed by atoms with Crippen molar-refractivity contribution in [3.05, 3.63) is 29.8 Å². The van der Waals surface area contributed by atoms with Gasteiger partial charge in [0.25, 0.3) is 0 Å². The zero-order valence-electron chi connectivity index (χ0n) is 10.1. The van der Waals surface area contributed by atoms with Crippen molar-refractivity contribution in [3.63, 3.8) is 0 Å². The van der Waals surface area contributed by atoms with Gasteiger partial charge in [0.05, 0.1) is 10.8 Å². The molecule has 3 N–H and O–H groups in total. The van der Waals surface area contributed by atoms with Crippen LogP contribution in [0, 0.1) is 0 Å². The zero-order valence-corrected chi connectivity index (χ0v) is 10.9. The Hall–Kier alpha value is -1.07. The van der Waals surface area contributed by atoms with Crippen molar-refractivity contribution >= 4 is 15.7 Å². The van der Waals surface area contributed by atoms with E-state index in [-0.39, 0.29) is 5.25 Å². The van der Waals surface area contributed by atoms with E-state index in [0.29, 0.717) is 5.69 Å². The molecular weight excluding hydrogens is 236 g/mol. The summed E-state index contributed by atoms with van der Waals surface area (Å²) in [5.74, 6) is 0. The lowest BCUT2D eigenvalue weighted by Crippen LogP contribution is -2.42. The minimum absolute atomic E-state index is 0.199. The number of rotatable bonds is 4. The van der Waals surface area contributed by atoms with E-state index in [1.165, 1.54) is 0 Å². The Labute approximate surface area is 102 Å². The van der Waals surface area contributed by atoms with Gasteiger partial charge in [-0.15, -0.1) is 0 Å². The fourth-order valence-electron chi connectivity index (χ4n) is 1.78. The smallest absolute Gasteiger partial charge is 0.215 e. The molecule has 5 heteroatoms. The van der Waals surface area contributed by atoms with Gasteiger partial charge in [-0.1, -0.05) is 12.1 Å². The van der Waals surface area contributed by atoms with Gasteiger partial charge in [-0.25, -0.2) is 13.1 Å². The molecular formula is C12H18N2O2S. The minimum atomic E-state index is -3.18. The summed E-state index contributed by atoms with van der Waals surface area (Å²) in [7, 11) is -3.18. The van der Waals surface area contributed by atoms with Crippen molar-refractivity contribution in [3.8, 4) is 0 Å². The van der Waals surface area contributed by atoms with E-state index in [9.17, 15) is 8.42 Å². The van der Waals surface area contributed by atoms with Gasteiger partial charge in [0, 0.05) is 5.69 Å². The lowest BCUT2D eigenvalue weighted by Gasteiger charge is -2.26. The second-order valence-electron chi connectivity index (χ2n) is 5.09. The Morgan fingerprint density at radius 1 is 1.24 bits per heavy atom. The van der Waals surface area contributed by atoms with Crippen LogP contribution in [0.3, 0.4) is 0 Å². The predicted molar refractivity (Wildman–Crippen MR) is 69.0 cm³/mol. The Kier molecular flexibility index (Phi) is 2.91. The third kappa shape index (κ3) is 2.79. The zero-order chi connectivity index (χ0) is 12.7. The summed E-state index contributed by atoms with van der Waals surface area (Å²) < 4.78 is 26.6. The molecule has 0 unspecified atom stereocenters. The summed E-state index contributed by atoms with van der Waals surface area (Å²) in [4.78, 5) is 0. The molecule has 0 aliphatic heterocycles. The van der Waals surface area contributed by atoms with Gasteiger partial charge in [-0.05, 0) is 44.4 Å².